The van der Waals surface area contributed by atoms with E-state index in [-0.39, 0.29) is 5.76 Å². The van der Waals surface area contributed by atoms with Crippen LogP contribution in [-0.4, -0.2) is 15.8 Å². The van der Waals surface area contributed by atoms with Gasteiger partial charge in [-0.3, -0.25) is 0 Å². The normalized spacial score (nSPS) is 28.5. The summed E-state index contributed by atoms with van der Waals surface area (Å²) in [4.78, 5) is 0. The highest BCUT2D eigenvalue weighted by Gasteiger charge is 2.17. The second-order valence-electron chi connectivity index (χ2n) is 2.52. The lowest BCUT2D eigenvalue weighted by Gasteiger charge is -2.19. The van der Waals surface area contributed by atoms with E-state index >= 15 is 0 Å². The molecular weight excluding hydrogens is 140 g/mol. The molecule has 11 heavy (non-hydrogen) atoms. The van der Waals surface area contributed by atoms with Crippen LogP contribution in [0.1, 0.15) is 27.2 Å². The Bertz CT molecular complexity index is 166. The van der Waals surface area contributed by atoms with E-state index in [4.69, 9.17) is 5.11 Å². The second-order valence-corrected chi connectivity index (χ2v) is 2.52. The van der Waals surface area contributed by atoms with Gasteiger partial charge in [-0.05, 0) is 25.2 Å². The fourth-order valence-corrected chi connectivity index (χ4v) is 0.712. The van der Waals surface area contributed by atoms with Crippen molar-refractivity contribution >= 4 is 0 Å². The number of rotatable bonds is 0. The van der Waals surface area contributed by atoms with Crippen LogP contribution in [0.4, 0.5) is 0 Å². The van der Waals surface area contributed by atoms with Crippen molar-refractivity contribution in [1.29, 1.82) is 0 Å². The number of hydrogen-bond donors (Lipinski definition) is 2. The summed E-state index contributed by atoms with van der Waals surface area (Å²) < 4.78 is 0. The Morgan fingerprint density at radius 1 is 1.45 bits per heavy atom. The molecule has 0 spiro atoms. The molecule has 0 saturated carbocycles. The first kappa shape index (κ1) is 10.2. The molecule has 1 aliphatic carbocycles. The zero-order valence-corrected chi connectivity index (χ0v) is 7.33. The number of hydrogen-bond acceptors (Lipinski definition) is 2. The van der Waals surface area contributed by atoms with E-state index in [1.165, 1.54) is 6.08 Å². The van der Waals surface area contributed by atoms with E-state index in [1.807, 2.05) is 13.8 Å². The van der Waals surface area contributed by atoms with E-state index in [0.29, 0.717) is 6.42 Å². The van der Waals surface area contributed by atoms with Gasteiger partial charge in [0.05, 0.1) is 5.60 Å². The van der Waals surface area contributed by atoms with E-state index in [0.717, 1.165) is 0 Å². The SMILES string of the molecule is CC.CC1(O)C=CC(O)=CC1. The highest BCUT2D eigenvalue weighted by molar-refractivity contribution is 5.21. The van der Waals surface area contributed by atoms with Crippen molar-refractivity contribution in [2.24, 2.45) is 0 Å². The largest absolute Gasteiger partial charge is 0.508 e. The van der Waals surface area contributed by atoms with Crippen molar-refractivity contribution in [3.63, 3.8) is 0 Å². The van der Waals surface area contributed by atoms with Gasteiger partial charge in [0.25, 0.3) is 0 Å². The summed E-state index contributed by atoms with van der Waals surface area (Å²) in [6.45, 7) is 5.70. The van der Waals surface area contributed by atoms with Crippen LogP contribution >= 0.6 is 0 Å². The summed E-state index contributed by atoms with van der Waals surface area (Å²) in [5, 5.41) is 18.1. The summed E-state index contributed by atoms with van der Waals surface area (Å²) in [5.41, 5.74) is -0.758. The van der Waals surface area contributed by atoms with Gasteiger partial charge >= 0.3 is 0 Å². The van der Waals surface area contributed by atoms with Gasteiger partial charge in [-0.2, -0.15) is 0 Å². The molecule has 0 saturated heterocycles. The average Bonchev–Trinajstić information content (AvgIpc) is 2.00. The predicted molar refractivity (Wildman–Crippen MR) is 46.4 cm³/mol. The summed E-state index contributed by atoms with van der Waals surface area (Å²) in [6.07, 6.45) is 5.18. The van der Waals surface area contributed by atoms with Gasteiger partial charge < -0.3 is 10.2 Å². The Labute approximate surface area is 67.9 Å². The van der Waals surface area contributed by atoms with Crippen LogP contribution < -0.4 is 0 Å². The van der Waals surface area contributed by atoms with Gasteiger partial charge in [0.2, 0.25) is 0 Å². The van der Waals surface area contributed by atoms with E-state index < -0.39 is 5.60 Å². The topological polar surface area (TPSA) is 40.5 Å². The van der Waals surface area contributed by atoms with Gasteiger partial charge in [0.1, 0.15) is 5.76 Å². The molecule has 2 heteroatoms. The molecule has 1 rings (SSSR count). The van der Waals surface area contributed by atoms with Crippen LogP contribution in [0.3, 0.4) is 0 Å². The van der Waals surface area contributed by atoms with Crippen LogP contribution in [0.15, 0.2) is 24.0 Å². The highest BCUT2D eigenvalue weighted by Crippen LogP contribution is 2.18. The van der Waals surface area contributed by atoms with Crippen molar-refractivity contribution in [2.45, 2.75) is 32.8 Å². The van der Waals surface area contributed by atoms with Crippen LogP contribution in [0, 0.1) is 0 Å². The maximum atomic E-state index is 9.25. The second kappa shape index (κ2) is 4.19. The third-order valence-corrected chi connectivity index (χ3v) is 1.34. The van der Waals surface area contributed by atoms with Gasteiger partial charge in [0.15, 0.2) is 0 Å². The molecule has 64 valence electrons. The standard InChI is InChI=1S/C7H10O2.C2H6/c1-7(9)4-2-6(8)3-5-7;1-2/h2-4,8-9H,5H2,1H3;1-2H3. The summed E-state index contributed by atoms with van der Waals surface area (Å²) >= 11 is 0. The number of aliphatic hydroxyl groups excluding tert-OH is 1. The van der Waals surface area contributed by atoms with Crippen LogP contribution in [0.25, 0.3) is 0 Å². The third kappa shape index (κ3) is 3.83. The van der Waals surface area contributed by atoms with E-state index in [9.17, 15) is 5.11 Å². The smallest absolute Gasteiger partial charge is 0.111 e. The van der Waals surface area contributed by atoms with E-state index in [2.05, 4.69) is 0 Å². The third-order valence-electron chi connectivity index (χ3n) is 1.34. The highest BCUT2D eigenvalue weighted by atomic mass is 16.3. The lowest BCUT2D eigenvalue weighted by molar-refractivity contribution is 0.111. The molecule has 0 radical (unpaired) electrons. The minimum atomic E-state index is -0.758. The minimum absolute atomic E-state index is 0.238. The van der Waals surface area contributed by atoms with Crippen LogP contribution in [-0.2, 0) is 0 Å². The van der Waals surface area contributed by atoms with Gasteiger partial charge in [-0.15, -0.1) is 0 Å². The number of aliphatic hydroxyl groups is 2. The first-order valence-corrected chi connectivity index (χ1v) is 3.91. The maximum Gasteiger partial charge on any atom is 0.111 e. The molecule has 2 N–H and O–H groups in total. The molecule has 2 nitrogen and oxygen atoms in total. The van der Waals surface area contributed by atoms with Crippen molar-refractivity contribution in [1.82, 2.24) is 0 Å². The summed E-state index contributed by atoms with van der Waals surface area (Å²) in [5.74, 6) is 0.238. The molecule has 0 aromatic heterocycles. The Balaban J connectivity index is 0.000000461. The lowest BCUT2D eigenvalue weighted by atomic mass is 9.97. The zero-order chi connectivity index (χ0) is 8.91. The molecule has 0 aliphatic heterocycles. The van der Waals surface area contributed by atoms with Crippen LogP contribution in [0.5, 0.6) is 0 Å². The fraction of sp³-hybridized carbons (Fsp3) is 0.556. The van der Waals surface area contributed by atoms with Crippen molar-refractivity contribution in [3.8, 4) is 0 Å². The van der Waals surface area contributed by atoms with Crippen molar-refractivity contribution < 1.29 is 10.2 Å². The fourth-order valence-electron chi connectivity index (χ4n) is 0.712. The molecule has 0 fully saturated rings. The average molecular weight is 156 g/mol. The monoisotopic (exact) mass is 156 g/mol. The zero-order valence-electron chi connectivity index (χ0n) is 7.33. The van der Waals surface area contributed by atoms with Gasteiger partial charge in [0, 0.05) is 6.42 Å². The maximum absolute atomic E-state index is 9.25. The van der Waals surface area contributed by atoms with Crippen LogP contribution in [0.2, 0.25) is 0 Å². The Kier molecular flexibility index (Phi) is 3.90. The molecule has 1 atom stereocenters. The van der Waals surface area contributed by atoms with Crippen molar-refractivity contribution in [3.05, 3.63) is 24.0 Å². The first-order valence-electron chi connectivity index (χ1n) is 3.91. The molecule has 1 unspecified atom stereocenters. The molecule has 0 aromatic rings. The first-order chi connectivity index (χ1) is 5.10. The minimum Gasteiger partial charge on any atom is -0.508 e. The van der Waals surface area contributed by atoms with Gasteiger partial charge in [-0.25, -0.2) is 0 Å². The Morgan fingerprint density at radius 2 is 2.00 bits per heavy atom. The summed E-state index contributed by atoms with van der Waals surface area (Å²) in [7, 11) is 0. The number of allylic oxidation sites excluding steroid dienone is 1. The molecule has 0 amide bonds. The predicted octanol–water partition coefficient (Wildman–Crippen LogP) is 2.17. The van der Waals surface area contributed by atoms with Gasteiger partial charge in [-0.1, -0.05) is 13.8 Å². The lowest BCUT2D eigenvalue weighted by Crippen LogP contribution is -2.21. The Hall–Kier alpha value is -0.760. The molecular formula is C9H16O2. The Morgan fingerprint density at radius 3 is 2.27 bits per heavy atom. The molecule has 1 aliphatic rings. The van der Waals surface area contributed by atoms with E-state index in [1.54, 1.807) is 19.1 Å². The quantitative estimate of drug-likeness (QED) is 0.564. The summed E-state index contributed by atoms with van der Waals surface area (Å²) in [6, 6.07) is 0. The molecule has 0 heterocycles. The molecule has 0 bridgehead atoms. The molecule has 0 aromatic carbocycles. The van der Waals surface area contributed by atoms with Crippen molar-refractivity contribution in [2.75, 3.05) is 0 Å².